The minimum absolute atomic E-state index is 0.118. The van der Waals surface area contributed by atoms with Gasteiger partial charge in [-0.3, -0.25) is 4.79 Å². The lowest BCUT2D eigenvalue weighted by Crippen LogP contribution is -2.26. The third-order valence-electron chi connectivity index (χ3n) is 3.76. The number of halogens is 2. The first-order chi connectivity index (χ1) is 13.0. The number of esters is 1. The van der Waals surface area contributed by atoms with Gasteiger partial charge < -0.3 is 10.1 Å². The molecule has 0 saturated carbocycles. The fourth-order valence-corrected chi connectivity index (χ4v) is 2.40. The maximum atomic E-state index is 13.0. The van der Waals surface area contributed by atoms with Crippen LogP contribution in [0.2, 0.25) is 0 Å². The number of hydrogen-bond acceptors (Lipinski definition) is 3. The highest BCUT2D eigenvalue weighted by Gasteiger charge is 2.25. The molecule has 0 aliphatic carbocycles. The van der Waals surface area contributed by atoms with E-state index in [0.29, 0.717) is 11.3 Å². The summed E-state index contributed by atoms with van der Waals surface area (Å²) in [6.07, 6.45) is -1.23. The molecule has 3 aromatic carbocycles. The van der Waals surface area contributed by atoms with Gasteiger partial charge in [0, 0.05) is 11.3 Å². The SMILES string of the molecule is O=C(O[C@H](C(=O)Nc1ccc(F)cc1)c1ccccc1)c1ccc(F)cc1. The molecule has 4 nitrogen and oxygen atoms in total. The van der Waals surface area contributed by atoms with Crippen LogP contribution in [-0.4, -0.2) is 11.9 Å². The lowest BCUT2D eigenvalue weighted by Gasteiger charge is -2.18. The van der Waals surface area contributed by atoms with Gasteiger partial charge in [-0.25, -0.2) is 13.6 Å². The summed E-state index contributed by atoms with van der Waals surface area (Å²) in [7, 11) is 0. The molecular formula is C21H15F2NO3. The van der Waals surface area contributed by atoms with Gasteiger partial charge in [-0.05, 0) is 48.5 Å². The van der Waals surface area contributed by atoms with Crippen LogP contribution in [-0.2, 0) is 9.53 Å². The number of hydrogen-bond donors (Lipinski definition) is 1. The molecule has 6 heteroatoms. The van der Waals surface area contributed by atoms with Gasteiger partial charge in [0.1, 0.15) is 11.6 Å². The van der Waals surface area contributed by atoms with Crippen molar-refractivity contribution >= 4 is 17.6 Å². The van der Waals surface area contributed by atoms with E-state index in [1.54, 1.807) is 30.3 Å². The van der Waals surface area contributed by atoms with E-state index in [1.165, 1.54) is 36.4 Å². The molecule has 0 aliphatic heterocycles. The quantitative estimate of drug-likeness (QED) is 0.676. The Morgan fingerprint density at radius 1 is 0.778 bits per heavy atom. The van der Waals surface area contributed by atoms with Gasteiger partial charge in [-0.15, -0.1) is 0 Å². The van der Waals surface area contributed by atoms with E-state index in [1.807, 2.05) is 0 Å². The first kappa shape index (κ1) is 18.3. The van der Waals surface area contributed by atoms with Crippen LogP contribution in [0.1, 0.15) is 22.0 Å². The van der Waals surface area contributed by atoms with Crippen LogP contribution >= 0.6 is 0 Å². The van der Waals surface area contributed by atoms with Gasteiger partial charge >= 0.3 is 5.97 Å². The first-order valence-corrected chi connectivity index (χ1v) is 8.11. The molecule has 27 heavy (non-hydrogen) atoms. The van der Waals surface area contributed by atoms with Gasteiger partial charge in [0.2, 0.25) is 6.10 Å². The Morgan fingerprint density at radius 3 is 1.93 bits per heavy atom. The molecule has 1 amide bonds. The lowest BCUT2D eigenvalue weighted by molar-refractivity contribution is -0.125. The Labute approximate surface area is 154 Å². The maximum Gasteiger partial charge on any atom is 0.339 e. The highest BCUT2D eigenvalue weighted by atomic mass is 19.1. The Kier molecular flexibility index (Phi) is 5.56. The minimum atomic E-state index is -1.23. The minimum Gasteiger partial charge on any atom is -0.444 e. The van der Waals surface area contributed by atoms with Crippen LogP contribution in [0.4, 0.5) is 14.5 Å². The number of rotatable bonds is 5. The Hall–Kier alpha value is -3.54. The highest BCUT2D eigenvalue weighted by molar-refractivity contribution is 5.98. The summed E-state index contributed by atoms with van der Waals surface area (Å²) in [5, 5.41) is 2.59. The first-order valence-electron chi connectivity index (χ1n) is 8.11. The zero-order valence-corrected chi connectivity index (χ0v) is 14.1. The van der Waals surface area contributed by atoms with Crippen LogP contribution < -0.4 is 5.32 Å². The van der Waals surface area contributed by atoms with E-state index in [9.17, 15) is 18.4 Å². The summed E-state index contributed by atoms with van der Waals surface area (Å²) in [4.78, 5) is 25.0. The number of amides is 1. The topological polar surface area (TPSA) is 55.4 Å². The molecule has 0 aliphatic rings. The molecule has 0 heterocycles. The average Bonchev–Trinajstić information content (AvgIpc) is 2.69. The van der Waals surface area contributed by atoms with Crippen molar-refractivity contribution in [3.8, 4) is 0 Å². The van der Waals surface area contributed by atoms with Crippen molar-refractivity contribution in [2.45, 2.75) is 6.10 Å². The van der Waals surface area contributed by atoms with Crippen molar-refractivity contribution in [3.63, 3.8) is 0 Å². The molecule has 0 radical (unpaired) electrons. The monoisotopic (exact) mass is 367 g/mol. The third kappa shape index (κ3) is 4.76. The molecule has 0 bridgehead atoms. The van der Waals surface area contributed by atoms with Crippen LogP contribution in [0.5, 0.6) is 0 Å². The summed E-state index contributed by atoms with van der Waals surface area (Å²) in [5.74, 6) is -2.28. The molecule has 1 N–H and O–H groups in total. The molecular weight excluding hydrogens is 352 g/mol. The van der Waals surface area contributed by atoms with Crippen molar-refractivity contribution in [1.82, 2.24) is 0 Å². The zero-order valence-electron chi connectivity index (χ0n) is 14.1. The standard InChI is InChI=1S/C21H15F2NO3/c22-16-8-6-15(7-9-16)21(26)27-19(14-4-2-1-3-5-14)20(25)24-18-12-10-17(23)11-13-18/h1-13,19H,(H,24,25)/t19-/m0/s1. The molecule has 0 aromatic heterocycles. The number of carbonyl (C=O) groups excluding carboxylic acids is 2. The molecule has 0 unspecified atom stereocenters. The molecule has 3 rings (SSSR count). The number of nitrogens with one attached hydrogen (secondary N) is 1. The summed E-state index contributed by atoms with van der Waals surface area (Å²) < 4.78 is 31.4. The van der Waals surface area contributed by atoms with E-state index < -0.39 is 29.6 Å². The van der Waals surface area contributed by atoms with Crippen LogP contribution in [0.25, 0.3) is 0 Å². The summed E-state index contributed by atoms with van der Waals surface area (Å²) in [6.45, 7) is 0. The second kappa shape index (κ2) is 8.23. The molecule has 136 valence electrons. The van der Waals surface area contributed by atoms with Gasteiger partial charge in [-0.1, -0.05) is 30.3 Å². The predicted octanol–water partition coefficient (Wildman–Crippen LogP) is 4.50. The largest absolute Gasteiger partial charge is 0.444 e. The van der Waals surface area contributed by atoms with Crippen molar-refractivity contribution in [2.75, 3.05) is 5.32 Å². The van der Waals surface area contributed by atoms with Crippen LogP contribution in [0.3, 0.4) is 0 Å². The Morgan fingerprint density at radius 2 is 1.33 bits per heavy atom. The Balaban J connectivity index is 1.82. The zero-order chi connectivity index (χ0) is 19.2. The van der Waals surface area contributed by atoms with Gasteiger partial charge in [0.05, 0.1) is 5.56 Å². The average molecular weight is 367 g/mol. The fraction of sp³-hybridized carbons (Fsp3) is 0.0476. The van der Waals surface area contributed by atoms with E-state index in [0.717, 1.165) is 12.1 Å². The smallest absolute Gasteiger partial charge is 0.339 e. The number of carbonyl (C=O) groups is 2. The van der Waals surface area contributed by atoms with Crippen molar-refractivity contribution in [3.05, 3.63) is 102 Å². The highest BCUT2D eigenvalue weighted by Crippen LogP contribution is 2.22. The van der Waals surface area contributed by atoms with Crippen LogP contribution in [0.15, 0.2) is 78.9 Å². The fourth-order valence-electron chi connectivity index (χ4n) is 2.40. The van der Waals surface area contributed by atoms with E-state index in [2.05, 4.69) is 5.32 Å². The van der Waals surface area contributed by atoms with E-state index >= 15 is 0 Å². The third-order valence-corrected chi connectivity index (χ3v) is 3.76. The molecule has 0 fully saturated rings. The van der Waals surface area contributed by atoms with Gasteiger partial charge in [-0.2, -0.15) is 0 Å². The van der Waals surface area contributed by atoms with E-state index in [-0.39, 0.29) is 5.56 Å². The summed E-state index contributed by atoms with van der Waals surface area (Å²) in [6, 6.07) is 18.5. The molecule has 3 aromatic rings. The van der Waals surface area contributed by atoms with E-state index in [4.69, 9.17) is 4.74 Å². The second-order valence-corrected chi connectivity index (χ2v) is 5.70. The van der Waals surface area contributed by atoms with Crippen molar-refractivity contribution in [1.29, 1.82) is 0 Å². The Bertz CT molecular complexity index is 926. The number of ether oxygens (including phenoxy) is 1. The molecule has 0 saturated heterocycles. The second-order valence-electron chi connectivity index (χ2n) is 5.70. The lowest BCUT2D eigenvalue weighted by atomic mass is 10.1. The number of anilines is 1. The number of benzene rings is 3. The van der Waals surface area contributed by atoms with Crippen LogP contribution in [0, 0.1) is 11.6 Å². The molecule has 1 atom stereocenters. The summed E-state index contributed by atoms with van der Waals surface area (Å²) in [5.41, 5.74) is 0.944. The summed E-state index contributed by atoms with van der Waals surface area (Å²) >= 11 is 0. The maximum absolute atomic E-state index is 13.0. The van der Waals surface area contributed by atoms with Crippen molar-refractivity contribution < 1.29 is 23.1 Å². The predicted molar refractivity (Wildman–Crippen MR) is 96.0 cm³/mol. The van der Waals surface area contributed by atoms with Gasteiger partial charge in [0.25, 0.3) is 5.91 Å². The van der Waals surface area contributed by atoms with Gasteiger partial charge in [0.15, 0.2) is 0 Å². The molecule has 0 spiro atoms. The normalized spacial score (nSPS) is 11.5. The van der Waals surface area contributed by atoms with Crippen molar-refractivity contribution in [2.24, 2.45) is 0 Å².